The zero-order chi connectivity index (χ0) is 23.9. The van der Waals surface area contributed by atoms with E-state index in [4.69, 9.17) is 4.74 Å². The van der Waals surface area contributed by atoms with Crippen molar-refractivity contribution < 1.29 is 19.2 Å². The number of benzene rings is 1. The van der Waals surface area contributed by atoms with Gasteiger partial charge in [-0.3, -0.25) is 19.7 Å². The number of methoxy groups -OCH3 is 1. The van der Waals surface area contributed by atoms with Crippen molar-refractivity contribution in [2.24, 2.45) is 40.6 Å². The fourth-order valence-electron chi connectivity index (χ4n) is 6.43. The predicted molar refractivity (Wildman–Crippen MR) is 123 cm³/mol. The highest BCUT2D eigenvalue weighted by atomic mass is 16.6. The Kier molecular flexibility index (Phi) is 4.36. The number of carbonyl (C=O) groups is 2. The largest absolute Gasteiger partial charge is 0.494 e. The van der Waals surface area contributed by atoms with Gasteiger partial charge in [0.25, 0.3) is 17.5 Å². The maximum Gasteiger partial charge on any atom is 0.273 e. The molecule has 3 fully saturated rings. The van der Waals surface area contributed by atoms with Crippen LogP contribution >= 0.6 is 0 Å². The van der Waals surface area contributed by atoms with Gasteiger partial charge in [-0.1, -0.05) is 12.2 Å². The number of carbonyl (C=O) groups excluding carboxylic acids is 2. The van der Waals surface area contributed by atoms with Crippen molar-refractivity contribution in [1.82, 2.24) is 9.58 Å². The maximum absolute atomic E-state index is 13.2. The second kappa shape index (κ2) is 7.12. The Morgan fingerprint density at radius 2 is 1.74 bits per heavy atom. The molecule has 1 aromatic heterocycles. The molecule has 0 radical (unpaired) electrons. The van der Waals surface area contributed by atoms with Gasteiger partial charge in [0.1, 0.15) is 5.75 Å². The van der Waals surface area contributed by atoms with E-state index >= 15 is 0 Å². The SMILES string of the molecule is COc1cc([N+](=O)[O-])ccc1-n1c(C)cc(/C=N\N2C(=O)[C@@H]3[C@H]4C=C[C@@H]([C@@H]5C[C@@H]45)[C@H]3C2=O)c1C. The third kappa shape index (κ3) is 2.76. The van der Waals surface area contributed by atoms with Crippen LogP contribution in [0.1, 0.15) is 23.4 Å². The Labute approximate surface area is 195 Å². The number of aromatic nitrogens is 1. The molecule has 34 heavy (non-hydrogen) atoms. The Hall–Kier alpha value is -3.75. The minimum atomic E-state index is -0.466. The molecule has 1 saturated heterocycles. The average Bonchev–Trinajstić information content (AvgIpc) is 3.55. The van der Waals surface area contributed by atoms with E-state index in [9.17, 15) is 19.7 Å². The first kappa shape index (κ1) is 20.8. The lowest BCUT2D eigenvalue weighted by Gasteiger charge is -2.37. The van der Waals surface area contributed by atoms with Crippen molar-refractivity contribution in [1.29, 1.82) is 0 Å². The van der Waals surface area contributed by atoms with Crippen LogP contribution in [0.3, 0.4) is 0 Å². The molecule has 2 saturated carbocycles. The lowest BCUT2D eigenvalue weighted by molar-refractivity contribution is -0.384. The van der Waals surface area contributed by atoms with Crippen LogP contribution in [0.4, 0.5) is 5.69 Å². The standard InChI is InChI=1S/C25H24N4O5/c1-12-8-14(13(2)27(12)20-7-4-15(29(32)33)9-21(20)34-3)11-26-28-24(30)22-16-5-6-17(19-10-18(16)19)23(22)25(28)31/h4-9,11,16-19,22-23H,10H2,1-3H3/b26-11-/t16-,17-,18-,19-,22+,23+/m0/s1. The predicted octanol–water partition coefficient (Wildman–Crippen LogP) is 3.40. The molecular formula is C25H24N4O5. The number of nitrogens with zero attached hydrogens (tertiary/aromatic N) is 4. The first-order valence-corrected chi connectivity index (χ1v) is 11.4. The average molecular weight is 460 g/mol. The minimum absolute atomic E-state index is 0.0570. The first-order chi connectivity index (χ1) is 16.3. The van der Waals surface area contributed by atoms with Crippen molar-refractivity contribution in [2.75, 3.05) is 7.11 Å². The smallest absolute Gasteiger partial charge is 0.273 e. The van der Waals surface area contributed by atoms with E-state index in [1.165, 1.54) is 19.2 Å². The topological polar surface area (TPSA) is 107 Å². The summed E-state index contributed by atoms with van der Waals surface area (Å²) >= 11 is 0. The van der Waals surface area contributed by atoms with Gasteiger partial charge >= 0.3 is 0 Å². The molecule has 1 aliphatic heterocycles. The monoisotopic (exact) mass is 460 g/mol. The van der Waals surface area contributed by atoms with Crippen LogP contribution in [0.25, 0.3) is 5.69 Å². The van der Waals surface area contributed by atoms with Crippen LogP contribution in [0, 0.1) is 59.5 Å². The van der Waals surface area contributed by atoms with Gasteiger partial charge in [-0.05, 0) is 56.1 Å². The quantitative estimate of drug-likeness (QED) is 0.223. The highest BCUT2D eigenvalue weighted by Gasteiger charge is 2.67. The van der Waals surface area contributed by atoms with Crippen molar-refractivity contribution in [3.8, 4) is 11.4 Å². The molecule has 4 aliphatic carbocycles. The van der Waals surface area contributed by atoms with E-state index in [0.717, 1.165) is 28.4 Å². The lowest BCUT2D eigenvalue weighted by Crippen LogP contribution is -2.40. The second-order valence-corrected chi connectivity index (χ2v) is 9.66. The van der Waals surface area contributed by atoms with Crippen molar-refractivity contribution in [3.63, 3.8) is 0 Å². The highest BCUT2D eigenvalue weighted by Crippen LogP contribution is 2.65. The molecule has 7 rings (SSSR count). The summed E-state index contributed by atoms with van der Waals surface area (Å²) in [5, 5.41) is 16.6. The first-order valence-electron chi connectivity index (χ1n) is 11.4. The summed E-state index contributed by atoms with van der Waals surface area (Å²) in [4.78, 5) is 37.0. The zero-order valence-corrected chi connectivity index (χ0v) is 19.0. The van der Waals surface area contributed by atoms with E-state index in [0.29, 0.717) is 23.3 Å². The number of ether oxygens (including phenoxy) is 1. The van der Waals surface area contributed by atoms with Gasteiger partial charge < -0.3 is 9.30 Å². The van der Waals surface area contributed by atoms with Gasteiger partial charge in [-0.2, -0.15) is 10.1 Å². The van der Waals surface area contributed by atoms with E-state index in [-0.39, 0.29) is 41.2 Å². The second-order valence-electron chi connectivity index (χ2n) is 9.66. The number of aryl methyl sites for hydroxylation is 1. The molecule has 1 aromatic carbocycles. The number of non-ortho nitro benzene ring substituents is 1. The number of hydrazone groups is 1. The van der Waals surface area contributed by atoms with Crippen LogP contribution in [0.5, 0.6) is 5.75 Å². The van der Waals surface area contributed by atoms with E-state index in [2.05, 4.69) is 17.3 Å². The van der Waals surface area contributed by atoms with Gasteiger partial charge in [0.05, 0.1) is 41.8 Å². The Bertz CT molecular complexity index is 1290. The third-order valence-corrected chi connectivity index (χ3v) is 8.04. The normalized spacial score (nSPS) is 30.7. The summed E-state index contributed by atoms with van der Waals surface area (Å²) < 4.78 is 7.32. The number of rotatable bonds is 5. The fraction of sp³-hybridized carbons (Fsp3) is 0.400. The Balaban J connectivity index is 1.31. The molecule has 0 N–H and O–H groups in total. The fourth-order valence-corrected chi connectivity index (χ4v) is 6.43. The summed E-state index contributed by atoms with van der Waals surface area (Å²) in [6.45, 7) is 3.79. The number of imide groups is 1. The highest BCUT2D eigenvalue weighted by molar-refractivity contribution is 6.06. The van der Waals surface area contributed by atoms with Crippen LogP contribution < -0.4 is 4.74 Å². The molecule has 174 valence electrons. The summed E-state index contributed by atoms with van der Waals surface area (Å²) in [5.74, 6) is 0.853. The number of nitro groups is 1. The summed E-state index contributed by atoms with van der Waals surface area (Å²) in [6.07, 6.45) is 6.96. The summed E-state index contributed by atoms with van der Waals surface area (Å²) in [7, 11) is 1.47. The Morgan fingerprint density at radius 1 is 1.09 bits per heavy atom. The van der Waals surface area contributed by atoms with Crippen LogP contribution in [-0.4, -0.2) is 39.6 Å². The van der Waals surface area contributed by atoms with Crippen LogP contribution in [0.15, 0.2) is 41.5 Å². The van der Waals surface area contributed by atoms with Gasteiger partial charge in [0, 0.05) is 23.0 Å². The van der Waals surface area contributed by atoms with Gasteiger partial charge in [0.2, 0.25) is 0 Å². The molecule has 9 heteroatoms. The maximum atomic E-state index is 13.2. The molecule has 6 atom stereocenters. The molecular weight excluding hydrogens is 436 g/mol. The Morgan fingerprint density at radius 3 is 2.32 bits per heavy atom. The van der Waals surface area contributed by atoms with Crippen LogP contribution in [0.2, 0.25) is 0 Å². The molecule has 0 unspecified atom stereocenters. The van der Waals surface area contributed by atoms with Crippen LogP contribution in [-0.2, 0) is 9.59 Å². The number of nitro benzene ring substituents is 1. The molecule has 2 bridgehead atoms. The number of allylic oxidation sites excluding steroid dienone is 2. The molecule has 2 amide bonds. The number of hydrogen-bond donors (Lipinski definition) is 0. The molecule has 9 nitrogen and oxygen atoms in total. The van der Waals surface area contributed by atoms with E-state index in [1.54, 1.807) is 12.3 Å². The van der Waals surface area contributed by atoms with E-state index in [1.807, 2.05) is 24.5 Å². The van der Waals surface area contributed by atoms with Gasteiger partial charge in [-0.15, -0.1) is 0 Å². The zero-order valence-electron chi connectivity index (χ0n) is 19.0. The van der Waals surface area contributed by atoms with Gasteiger partial charge in [0.15, 0.2) is 0 Å². The molecule has 2 heterocycles. The van der Waals surface area contributed by atoms with Crippen molar-refractivity contribution >= 4 is 23.7 Å². The summed E-state index contributed by atoms with van der Waals surface area (Å²) in [5.41, 5.74) is 3.02. The molecule has 5 aliphatic rings. The van der Waals surface area contributed by atoms with Crippen molar-refractivity contribution in [3.05, 3.63) is 63.5 Å². The summed E-state index contributed by atoms with van der Waals surface area (Å²) in [6, 6.07) is 6.36. The number of amides is 2. The minimum Gasteiger partial charge on any atom is -0.494 e. The lowest BCUT2D eigenvalue weighted by atomic mass is 9.63. The molecule has 2 aromatic rings. The van der Waals surface area contributed by atoms with Crippen molar-refractivity contribution in [2.45, 2.75) is 20.3 Å². The van der Waals surface area contributed by atoms with Gasteiger partial charge in [-0.25, -0.2) is 0 Å². The molecule has 0 spiro atoms. The number of hydrogen-bond acceptors (Lipinski definition) is 6. The third-order valence-electron chi connectivity index (χ3n) is 8.04. The van der Waals surface area contributed by atoms with E-state index < -0.39 is 4.92 Å².